The van der Waals surface area contributed by atoms with E-state index in [0.29, 0.717) is 11.0 Å². The van der Waals surface area contributed by atoms with Crippen LogP contribution in [0.3, 0.4) is 0 Å². The first-order valence-corrected chi connectivity index (χ1v) is 3.69. The maximum absolute atomic E-state index is 5.56. The van der Waals surface area contributed by atoms with E-state index in [1.165, 1.54) is 0 Å². The van der Waals surface area contributed by atoms with Crippen LogP contribution >= 0.6 is 0 Å². The Hall–Kier alpha value is -2.38. The lowest BCUT2D eigenvalue weighted by atomic mass is 10.4. The second-order valence-corrected chi connectivity index (χ2v) is 2.63. The van der Waals surface area contributed by atoms with Crippen molar-refractivity contribution in [3.8, 4) is 0 Å². The van der Waals surface area contributed by atoms with Crippen LogP contribution in [0.4, 0.5) is 23.5 Å². The van der Waals surface area contributed by atoms with Crippen molar-refractivity contribution in [2.24, 2.45) is 0 Å². The Kier molecular flexibility index (Phi) is 1.50. The number of aromatic nitrogens is 4. The Morgan fingerprint density at radius 3 is 1.29 bits per heavy atom. The third kappa shape index (κ3) is 1.09. The molecule has 8 heteroatoms. The predicted octanol–water partition coefficient (Wildman–Crippen LogP) is -1.25. The summed E-state index contributed by atoms with van der Waals surface area (Å²) < 4.78 is 0. The Morgan fingerprint density at radius 2 is 0.929 bits per heavy atom. The number of hydrogen-bond donors (Lipinski definition) is 4. The lowest BCUT2D eigenvalue weighted by Gasteiger charge is -2.03. The van der Waals surface area contributed by atoms with Gasteiger partial charge in [0.15, 0.2) is 11.6 Å². The summed E-state index contributed by atoms with van der Waals surface area (Å²) in [4.78, 5) is 15.2. The SMILES string of the molecule is Nc1nc(N)c2nc(N)nc(N)c2n1. The molecule has 0 saturated heterocycles. The number of nitrogen functional groups attached to an aromatic ring is 4. The molecular weight excluding hydrogens is 184 g/mol. The molecule has 72 valence electrons. The molecule has 0 fully saturated rings. The van der Waals surface area contributed by atoms with Gasteiger partial charge in [-0.15, -0.1) is 0 Å². The fourth-order valence-electron chi connectivity index (χ4n) is 1.09. The van der Waals surface area contributed by atoms with Crippen LogP contribution in [0.25, 0.3) is 11.0 Å². The van der Waals surface area contributed by atoms with Gasteiger partial charge in [-0.1, -0.05) is 0 Å². The van der Waals surface area contributed by atoms with Crippen molar-refractivity contribution < 1.29 is 0 Å². The number of anilines is 4. The van der Waals surface area contributed by atoms with Crippen LogP contribution in [0, 0.1) is 0 Å². The highest BCUT2D eigenvalue weighted by atomic mass is 15.1. The first kappa shape index (κ1) is 8.23. The molecule has 2 aromatic heterocycles. The maximum Gasteiger partial charge on any atom is 0.222 e. The van der Waals surface area contributed by atoms with Gasteiger partial charge in [-0.25, -0.2) is 9.97 Å². The lowest BCUT2D eigenvalue weighted by Crippen LogP contribution is -2.07. The van der Waals surface area contributed by atoms with E-state index >= 15 is 0 Å². The van der Waals surface area contributed by atoms with Gasteiger partial charge in [0.05, 0.1) is 0 Å². The summed E-state index contributed by atoms with van der Waals surface area (Å²) in [6.45, 7) is 0. The predicted molar refractivity (Wildman–Crippen MR) is 52.8 cm³/mol. The van der Waals surface area contributed by atoms with E-state index in [9.17, 15) is 0 Å². The molecule has 0 saturated carbocycles. The average molecular weight is 192 g/mol. The quantitative estimate of drug-likeness (QED) is 0.403. The molecule has 8 nitrogen and oxygen atoms in total. The topological polar surface area (TPSA) is 156 Å². The van der Waals surface area contributed by atoms with Crippen LogP contribution in [0.15, 0.2) is 0 Å². The second-order valence-electron chi connectivity index (χ2n) is 2.63. The molecule has 8 N–H and O–H groups in total. The smallest absolute Gasteiger partial charge is 0.222 e. The molecule has 14 heavy (non-hydrogen) atoms. The van der Waals surface area contributed by atoms with E-state index in [-0.39, 0.29) is 23.5 Å². The standard InChI is InChI=1S/C6H8N8/c7-3-1-2(12-6(10)13-3)4(8)14-5(9)11-1/h(H4,8,9,11,14)(H4,7,10,12,13). The van der Waals surface area contributed by atoms with Crippen LogP contribution in [0.1, 0.15) is 0 Å². The highest BCUT2D eigenvalue weighted by Gasteiger charge is 2.09. The summed E-state index contributed by atoms with van der Waals surface area (Å²) in [5, 5.41) is 0. The molecule has 0 spiro atoms. The van der Waals surface area contributed by atoms with Crippen molar-refractivity contribution in [1.82, 2.24) is 19.9 Å². The van der Waals surface area contributed by atoms with Crippen LogP contribution < -0.4 is 22.9 Å². The second kappa shape index (κ2) is 2.55. The molecular formula is C6H8N8. The van der Waals surface area contributed by atoms with Crippen molar-refractivity contribution in [2.45, 2.75) is 0 Å². The van der Waals surface area contributed by atoms with Gasteiger partial charge in [0, 0.05) is 0 Å². The zero-order chi connectivity index (χ0) is 10.3. The van der Waals surface area contributed by atoms with Gasteiger partial charge < -0.3 is 22.9 Å². The van der Waals surface area contributed by atoms with Gasteiger partial charge in [-0.3, -0.25) is 0 Å². The summed E-state index contributed by atoms with van der Waals surface area (Å²) in [5.41, 5.74) is 22.5. The van der Waals surface area contributed by atoms with E-state index in [1.54, 1.807) is 0 Å². The van der Waals surface area contributed by atoms with E-state index < -0.39 is 0 Å². The summed E-state index contributed by atoms with van der Waals surface area (Å²) in [5.74, 6) is 0.312. The largest absolute Gasteiger partial charge is 0.382 e. The molecule has 0 aliphatic carbocycles. The summed E-state index contributed by atoms with van der Waals surface area (Å²) >= 11 is 0. The number of hydrogen-bond acceptors (Lipinski definition) is 8. The minimum Gasteiger partial charge on any atom is -0.382 e. The molecule has 2 heterocycles. The molecule has 0 amide bonds. The molecule has 0 bridgehead atoms. The number of nitrogens with two attached hydrogens (primary N) is 4. The Bertz CT molecular complexity index is 459. The summed E-state index contributed by atoms with van der Waals surface area (Å²) in [6.07, 6.45) is 0. The highest BCUT2D eigenvalue weighted by molar-refractivity contribution is 5.92. The third-order valence-electron chi connectivity index (χ3n) is 1.63. The van der Waals surface area contributed by atoms with Crippen LogP contribution in [-0.4, -0.2) is 19.9 Å². The van der Waals surface area contributed by atoms with Crippen LogP contribution in [0.5, 0.6) is 0 Å². The van der Waals surface area contributed by atoms with Crippen molar-refractivity contribution in [1.29, 1.82) is 0 Å². The monoisotopic (exact) mass is 192 g/mol. The summed E-state index contributed by atoms with van der Waals surface area (Å²) in [7, 11) is 0. The van der Waals surface area contributed by atoms with E-state index in [2.05, 4.69) is 19.9 Å². The van der Waals surface area contributed by atoms with E-state index in [0.717, 1.165) is 0 Å². The summed E-state index contributed by atoms with van der Waals surface area (Å²) in [6, 6.07) is 0. The molecule has 0 unspecified atom stereocenters. The van der Waals surface area contributed by atoms with Gasteiger partial charge in [-0.05, 0) is 0 Å². The molecule has 2 rings (SSSR count). The fraction of sp³-hybridized carbons (Fsp3) is 0. The fourth-order valence-corrected chi connectivity index (χ4v) is 1.09. The van der Waals surface area contributed by atoms with Crippen molar-refractivity contribution in [3.63, 3.8) is 0 Å². The maximum atomic E-state index is 5.56. The minimum absolute atomic E-state index is 0.0232. The number of rotatable bonds is 0. The van der Waals surface area contributed by atoms with E-state index in [4.69, 9.17) is 22.9 Å². The number of nitrogens with zero attached hydrogens (tertiary/aromatic N) is 4. The molecule has 0 atom stereocenters. The van der Waals surface area contributed by atoms with Gasteiger partial charge in [0.2, 0.25) is 11.9 Å². The Balaban J connectivity index is 2.94. The van der Waals surface area contributed by atoms with E-state index in [1.807, 2.05) is 0 Å². The van der Waals surface area contributed by atoms with Gasteiger partial charge in [-0.2, -0.15) is 9.97 Å². The van der Waals surface area contributed by atoms with Crippen molar-refractivity contribution >= 4 is 34.6 Å². The lowest BCUT2D eigenvalue weighted by molar-refractivity contribution is 1.18. The first-order valence-electron chi connectivity index (χ1n) is 3.69. The van der Waals surface area contributed by atoms with Crippen molar-refractivity contribution in [3.05, 3.63) is 0 Å². The normalized spacial score (nSPS) is 10.6. The average Bonchev–Trinajstić information content (AvgIpc) is 2.07. The molecule has 0 radical (unpaired) electrons. The first-order chi connectivity index (χ1) is 6.58. The molecule has 2 aromatic rings. The van der Waals surface area contributed by atoms with Gasteiger partial charge in [0.25, 0.3) is 0 Å². The Labute approximate surface area is 78.4 Å². The highest BCUT2D eigenvalue weighted by Crippen LogP contribution is 2.20. The molecule has 0 aliphatic heterocycles. The van der Waals surface area contributed by atoms with Crippen molar-refractivity contribution in [2.75, 3.05) is 22.9 Å². The Morgan fingerprint density at radius 1 is 0.571 bits per heavy atom. The van der Waals surface area contributed by atoms with Crippen LogP contribution in [0.2, 0.25) is 0 Å². The zero-order valence-corrected chi connectivity index (χ0v) is 7.10. The third-order valence-corrected chi connectivity index (χ3v) is 1.63. The van der Waals surface area contributed by atoms with Gasteiger partial charge in [0.1, 0.15) is 11.0 Å². The van der Waals surface area contributed by atoms with Gasteiger partial charge >= 0.3 is 0 Å². The number of fused-ring (bicyclic) bond motifs is 1. The minimum atomic E-state index is 0.0232. The molecule has 0 aliphatic rings. The zero-order valence-electron chi connectivity index (χ0n) is 7.10. The van der Waals surface area contributed by atoms with Crippen LogP contribution in [-0.2, 0) is 0 Å². The molecule has 0 aromatic carbocycles.